The van der Waals surface area contributed by atoms with Gasteiger partial charge in [0.15, 0.2) is 0 Å². The molecule has 1 fully saturated rings. The van der Waals surface area contributed by atoms with E-state index in [0.717, 1.165) is 37.7 Å². The number of hydrogen-bond acceptors (Lipinski definition) is 3. The molecule has 0 aliphatic carbocycles. The summed E-state index contributed by atoms with van der Waals surface area (Å²) in [7, 11) is 0. The highest BCUT2D eigenvalue weighted by Crippen LogP contribution is 2.21. The fraction of sp³-hybridized carbons (Fsp3) is 0.500. The van der Waals surface area contributed by atoms with Crippen molar-refractivity contribution in [2.75, 3.05) is 19.7 Å². The van der Waals surface area contributed by atoms with Crippen LogP contribution in [-0.4, -0.2) is 41.5 Å². The summed E-state index contributed by atoms with van der Waals surface area (Å²) in [6.45, 7) is 3.47. The van der Waals surface area contributed by atoms with Gasteiger partial charge in [-0.05, 0) is 44.2 Å². The molecule has 1 aliphatic rings. The van der Waals surface area contributed by atoms with Gasteiger partial charge in [0.1, 0.15) is 0 Å². The lowest BCUT2D eigenvalue weighted by molar-refractivity contribution is -0.151. The number of piperidine rings is 1. The number of carbonyl (C=O) groups is 2. The summed E-state index contributed by atoms with van der Waals surface area (Å²) in [6, 6.07) is 8.22. The van der Waals surface area contributed by atoms with E-state index in [2.05, 4.69) is 17.1 Å². The summed E-state index contributed by atoms with van der Waals surface area (Å²) in [6.07, 6.45) is 5.95. The second kappa shape index (κ2) is 8.19. The van der Waals surface area contributed by atoms with Gasteiger partial charge in [-0.15, -0.1) is 0 Å². The summed E-state index contributed by atoms with van der Waals surface area (Å²) in [5.74, 6) is -0.182. The number of nitrogens with one attached hydrogen (secondary N) is 1. The van der Waals surface area contributed by atoms with Crippen molar-refractivity contribution in [3.63, 3.8) is 0 Å². The van der Waals surface area contributed by atoms with Gasteiger partial charge in [0.05, 0.1) is 12.5 Å². The van der Waals surface area contributed by atoms with Crippen LogP contribution in [-0.2, 0) is 20.7 Å². The summed E-state index contributed by atoms with van der Waals surface area (Å²) in [5.41, 5.74) is 2.39. The Bertz CT molecular complexity index is 737. The maximum Gasteiger partial charge on any atom is 0.310 e. The molecular weight excluding hydrogens is 316 g/mol. The van der Waals surface area contributed by atoms with E-state index in [-0.39, 0.29) is 17.8 Å². The molecule has 134 valence electrons. The fourth-order valence-electron chi connectivity index (χ4n) is 3.58. The highest BCUT2D eigenvalue weighted by Gasteiger charge is 2.28. The van der Waals surface area contributed by atoms with Crippen LogP contribution in [0.25, 0.3) is 10.9 Å². The van der Waals surface area contributed by atoms with Crippen LogP contribution < -0.4 is 0 Å². The second-order valence-electron chi connectivity index (χ2n) is 6.64. The maximum atomic E-state index is 12.5. The quantitative estimate of drug-likeness (QED) is 0.820. The Kier molecular flexibility index (Phi) is 5.74. The minimum Gasteiger partial charge on any atom is -0.466 e. The minimum absolute atomic E-state index is 0.147. The van der Waals surface area contributed by atoms with Gasteiger partial charge >= 0.3 is 5.97 Å². The average molecular weight is 342 g/mol. The van der Waals surface area contributed by atoms with Crippen molar-refractivity contribution in [2.45, 2.75) is 39.0 Å². The van der Waals surface area contributed by atoms with Gasteiger partial charge in [-0.25, -0.2) is 0 Å². The number of rotatable bonds is 6. The van der Waals surface area contributed by atoms with Crippen LogP contribution in [0.5, 0.6) is 0 Å². The van der Waals surface area contributed by atoms with Gasteiger partial charge < -0.3 is 14.6 Å². The average Bonchev–Trinajstić information content (AvgIpc) is 3.05. The molecule has 0 radical (unpaired) electrons. The van der Waals surface area contributed by atoms with Crippen molar-refractivity contribution in [1.82, 2.24) is 9.88 Å². The predicted octanol–water partition coefficient (Wildman–Crippen LogP) is 3.29. The van der Waals surface area contributed by atoms with Crippen LogP contribution in [0.1, 0.15) is 38.2 Å². The number of para-hydroxylation sites is 1. The lowest BCUT2D eigenvalue weighted by Crippen LogP contribution is -2.42. The first-order chi connectivity index (χ1) is 12.2. The number of amides is 1. The van der Waals surface area contributed by atoms with Crippen molar-refractivity contribution in [2.24, 2.45) is 5.92 Å². The molecule has 0 saturated carbocycles. The number of esters is 1. The monoisotopic (exact) mass is 342 g/mol. The van der Waals surface area contributed by atoms with Crippen molar-refractivity contribution >= 4 is 22.8 Å². The van der Waals surface area contributed by atoms with Crippen molar-refractivity contribution in [3.05, 3.63) is 36.0 Å². The van der Waals surface area contributed by atoms with Crippen molar-refractivity contribution < 1.29 is 14.3 Å². The first-order valence-corrected chi connectivity index (χ1v) is 9.18. The molecule has 5 nitrogen and oxygen atoms in total. The number of nitrogens with zero attached hydrogens (tertiary/aromatic N) is 1. The van der Waals surface area contributed by atoms with Crippen LogP contribution in [0.2, 0.25) is 0 Å². The highest BCUT2D eigenvalue weighted by atomic mass is 16.5. The topological polar surface area (TPSA) is 62.4 Å². The van der Waals surface area contributed by atoms with Gasteiger partial charge in [-0.3, -0.25) is 9.59 Å². The van der Waals surface area contributed by atoms with Gasteiger partial charge in [0.2, 0.25) is 5.91 Å². The lowest BCUT2D eigenvalue weighted by atomic mass is 9.97. The predicted molar refractivity (Wildman–Crippen MR) is 97.2 cm³/mol. The van der Waals surface area contributed by atoms with E-state index in [1.54, 1.807) is 0 Å². The minimum atomic E-state index is -0.168. The molecule has 1 atom stereocenters. The molecule has 1 aromatic heterocycles. The van der Waals surface area contributed by atoms with E-state index in [0.29, 0.717) is 19.6 Å². The van der Waals surface area contributed by atoms with Gasteiger partial charge in [-0.1, -0.05) is 18.2 Å². The number of likely N-dealkylation sites (tertiary alicyclic amines) is 1. The third kappa shape index (κ3) is 4.21. The number of aromatic nitrogens is 1. The molecule has 2 aromatic rings. The first kappa shape index (κ1) is 17.5. The SMILES string of the molecule is CCOC(=O)C1CCCN(C(=O)CCCc2c[nH]c3ccccc23)C1. The zero-order valence-electron chi connectivity index (χ0n) is 14.8. The normalized spacial score (nSPS) is 17.6. The Balaban J connectivity index is 1.49. The van der Waals surface area contributed by atoms with Crippen LogP contribution >= 0.6 is 0 Å². The van der Waals surface area contributed by atoms with Crippen LogP contribution in [0, 0.1) is 5.92 Å². The maximum absolute atomic E-state index is 12.5. The highest BCUT2D eigenvalue weighted by molar-refractivity contribution is 5.83. The number of aryl methyl sites for hydroxylation is 1. The Labute approximate surface area is 148 Å². The number of aromatic amines is 1. The Morgan fingerprint density at radius 3 is 3.00 bits per heavy atom. The second-order valence-corrected chi connectivity index (χ2v) is 6.64. The molecule has 2 heterocycles. The summed E-state index contributed by atoms with van der Waals surface area (Å²) in [4.78, 5) is 29.5. The molecule has 0 bridgehead atoms. The number of fused-ring (bicyclic) bond motifs is 1. The molecule has 1 amide bonds. The van der Waals surface area contributed by atoms with E-state index in [9.17, 15) is 9.59 Å². The summed E-state index contributed by atoms with van der Waals surface area (Å²) >= 11 is 0. The molecule has 1 aliphatic heterocycles. The van der Waals surface area contributed by atoms with Gasteiger partial charge in [0, 0.05) is 36.6 Å². The summed E-state index contributed by atoms with van der Waals surface area (Å²) < 4.78 is 5.10. The molecule has 1 unspecified atom stereocenters. The number of carbonyl (C=O) groups excluding carboxylic acids is 2. The van der Waals surface area contributed by atoms with E-state index in [1.807, 2.05) is 30.2 Å². The van der Waals surface area contributed by atoms with Crippen LogP contribution in [0.15, 0.2) is 30.5 Å². The fourth-order valence-corrected chi connectivity index (χ4v) is 3.58. The summed E-state index contributed by atoms with van der Waals surface area (Å²) in [5, 5.41) is 1.23. The zero-order valence-corrected chi connectivity index (χ0v) is 14.8. The van der Waals surface area contributed by atoms with Crippen LogP contribution in [0.3, 0.4) is 0 Å². The Hall–Kier alpha value is -2.30. The van der Waals surface area contributed by atoms with E-state index in [4.69, 9.17) is 4.74 Å². The molecule has 0 spiro atoms. The molecule has 1 saturated heterocycles. The molecular formula is C20H26N2O3. The third-order valence-corrected chi connectivity index (χ3v) is 4.91. The Morgan fingerprint density at radius 1 is 1.32 bits per heavy atom. The molecule has 3 rings (SSSR count). The number of benzene rings is 1. The third-order valence-electron chi connectivity index (χ3n) is 4.91. The number of ether oxygens (including phenoxy) is 1. The largest absolute Gasteiger partial charge is 0.466 e. The van der Waals surface area contributed by atoms with Gasteiger partial charge in [0.25, 0.3) is 0 Å². The van der Waals surface area contributed by atoms with Crippen molar-refractivity contribution in [3.8, 4) is 0 Å². The Morgan fingerprint density at radius 2 is 2.16 bits per heavy atom. The number of hydrogen-bond donors (Lipinski definition) is 1. The first-order valence-electron chi connectivity index (χ1n) is 9.18. The van der Waals surface area contributed by atoms with E-state index >= 15 is 0 Å². The lowest BCUT2D eigenvalue weighted by Gasteiger charge is -2.31. The molecule has 1 aromatic carbocycles. The molecule has 5 heteroatoms. The van der Waals surface area contributed by atoms with Gasteiger partial charge in [-0.2, -0.15) is 0 Å². The number of H-pyrrole nitrogens is 1. The molecule has 1 N–H and O–H groups in total. The van der Waals surface area contributed by atoms with E-state index in [1.165, 1.54) is 10.9 Å². The zero-order chi connectivity index (χ0) is 17.6. The van der Waals surface area contributed by atoms with E-state index < -0.39 is 0 Å². The van der Waals surface area contributed by atoms with Crippen LogP contribution in [0.4, 0.5) is 0 Å². The smallest absolute Gasteiger partial charge is 0.310 e. The molecule has 25 heavy (non-hydrogen) atoms. The standard InChI is InChI=1S/C20H26N2O3/c1-2-25-20(24)16-8-6-12-22(14-16)19(23)11-5-7-15-13-21-18-10-4-3-9-17(15)18/h3-4,9-10,13,16,21H,2,5-8,11-12,14H2,1H3. The van der Waals surface area contributed by atoms with Crippen molar-refractivity contribution in [1.29, 1.82) is 0 Å².